The third kappa shape index (κ3) is 4.93. The van der Waals surface area contributed by atoms with Gasteiger partial charge in [0.05, 0.1) is 6.61 Å². The predicted molar refractivity (Wildman–Crippen MR) is 108 cm³/mol. The lowest BCUT2D eigenvalue weighted by atomic mass is 10.2. The van der Waals surface area contributed by atoms with Crippen LogP contribution >= 0.6 is 0 Å². The van der Waals surface area contributed by atoms with Crippen LogP contribution in [0.25, 0.3) is 11.2 Å². The fourth-order valence-corrected chi connectivity index (χ4v) is 2.45. The zero-order valence-electron chi connectivity index (χ0n) is 15.9. The smallest absolute Gasteiger partial charge is 0.249 e. The fraction of sp³-hybridized carbons (Fsp3) is 0.286. The van der Waals surface area contributed by atoms with Gasteiger partial charge in [-0.3, -0.25) is 0 Å². The van der Waals surface area contributed by atoms with E-state index in [4.69, 9.17) is 4.74 Å². The van der Waals surface area contributed by atoms with Gasteiger partial charge in [-0.1, -0.05) is 5.92 Å². The Morgan fingerprint density at radius 3 is 2.63 bits per heavy atom. The van der Waals surface area contributed by atoms with Crippen molar-refractivity contribution in [2.75, 3.05) is 39.2 Å². The third-order valence-corrected chi connectivity index (χ3v) is 3.93. The van der Waals surface area contributed by atoms with Crippen molar-refractivity contribution in [2.24, 2.45) is 0 Å². The Balaban J connectivity index is 1.89. The zero-order chi connectivity index (χ0) is 19.1. The summed E-state index contributed by atoms with van der Waals surface area (Å²) in [5.74, 6) is 6.68. The first-order valence-corrected chi connectivity index (χ1v) is 8.87. The van der Waals surface area contributed by atoms with E-state index >= 15 is 0 Å². The number of nitrogens with one attached hydrogen (secondary N) is 1. The van der Waals surface area contributed by atoms with Crippen molar-refractivity contribution in [3.05, 3.63) is 53.9 Å². The fourth-order valence-electron chi connectivity index (χ4n) is 2.45. The van der Waals surface area contributed by atoms with Crippen molar-refractivity contribution in [3.8, 4) is 17.7 Å². The molecule has 3 rings (SSSR count). The largest absolute Gasteiger partial charge is 0.476 e. The topological polar surface area (TPSA) is 63.2 Å². The standard InChI is InChI=1S/C21H23N5O/c1-22-13-5-15-27-21-19(24-20-18(25-21)6-4-14-23-20)12-9-16-7-10-17(11-8-16)26(2)3/h4,6-8,10-11,14,22H,5,13,15H2,1-3H3. The first-order chi connectivity index (χ1) is 13.2. The number of hydrogen-bond donors (Lipinski definition) is 1. The normalized spacial score (nSPS) is 10.3. The van der Waals surface area contributed by atoms with Gasteiger partial charge in [-0.25, -0.2) is 15.0 Å². The van der Waals surface area contributed by atoms with Crippen LogP contribution in [0, 0.1) is 11.8 Å². The van der Waals surface area contributed by atoms with Gasteiger partial charge in [-0.05, 0) is 62.3 Å². The Morgan fingerprint density at radius 1 is 1.07 bits per heavy atom. The van der Waals surface area contributed by atoms with Crippen molar-refractivity contribution < 1.29 is 4.74 Å². The predicted octanol–water partition coefficient (Wildman–Crippen LogP) is 2.48. The monoisotopic (exact) mass is 361 g/mol. The van der Waals surface area contributed by atoms with E-state index in [0.717, 1.165) is 24.2 Å². The van der Waals surface area contributed by atoms with Gasteiger partial charge in [0.2, 0.25) is 5.88 Å². The van der Waals surface area contributed by atoms with Crippen LogP contribution in [0.4, 0.5) is 5.69 Å². The summed E-state index contributed by atoms with van der Waals surface area (Å²) in [4.78, 5) is 15.4. The molecule has 0 aliphatic heterocycles. The Labute approximate surface area is 159 Å². The number of nitrogens with zero attached hydrogens (tertiary/aromatic N) is 4. The number of fused-ring (bicyclic) bond motifs is 1. The van der Waals surface area contributed by atoms with Gasteiger partial charge >= 0.3 is 0 Å². The highest BCUT2D eigenvalue weighted by atomic mass is 16.5. The molecule has 0 radical (unpaired) electrons. The molecule has 3 aromatic rings. The molecule has 0 spiro atoms. The molecule has 0 amide bonds. The summed E-state index contributed by atoms with van der Waals surface area (Å²) in [6, 6.07) is 11.7. The molecular weight excluding hydrogens is 338 g/mol. The van der Waals surface area contributed by atoms with Crippen molar-refractivity contribution in [2.45, 2.75) is 6.42 Å². The maximum absolute atomic E-state index is 5.84. The summed E-state index contributed by atoms with van der Waals surface area (Å²) in [6.45, 7) is 1.43. The molecule has 0 atom stereocenters. The summed E-state index contributed by atoms with van der Waals surface area (Å²) in [7, 11) is 5.94. The Hall–Kier alpha value is -3.17. The van der Waals surface area contributed by atoms with Gasteiger partial charge in [0, 0.05) is 31.5 Å². The number of ether oxygens (including phenoxy) is 1. The van der Waals surface area contributed by atoms with E-state index in [1.807, 2.05) is 57.5 Å². The van der Waals surface area contributed by atoms with E-state index in [1.54, 1.807) is 6.20 Å². The molecule has 0 aliphatic carbocycles. The van der Waals surface area contributed by atoms with Crippen LogP contribution in [0.3, 0.4) is 0 Å². The van der Waals surface area contributed by atoms with Crippen molar-refractivity contribution in [1.29, 1.82) is 0 Å². The second kappa shape index (κ2) is 8.97. The van der Waals surface area contributed by atoms with Crippen LogP contribution in [-0.2, 0) is 0 Å². The number of rotatable bonds is 6. The van der Waals surface area contributed by atoms with Crippen LogP contribution in [0.2, 0.25) is 0 Å². The second-order valence-corrected chi connectivity index (χ2v) is 6.22. The first-order valence-electron chi connectivity index (χ1n) is 8.87. The lowest BCUT2D eigenvalue weighted by Gasteiger charge is -2.11. The molecule has 2 aromatic heterocycles. The van der Waals surface area contributed by atoms with Gasteiger partial charge in [0.1, 0.15) is 5.52 Å². The lowest BCUT2D eigenvalue weighted by molar-refractivity contribution is 0.297. The molecule has 27 heavy (non-hydrogen) atoms. The molecule has 2 heterocycles. The van der Waals surface area contributed by atoms with Gasteiger partial charge < -0.3 is 15.0 Å². The van der Waals surface area contributed by atoms with Crippen LogP contribution < -0.4 is 15.0 Å². The minimum Gasteiger partial charge on any atom is -0.476 e. The first kappa shape index (κ1) is 18.6. The molecule has 0 saturated carbocycles. The highest BCUT2D eigenvalue weighted by Gasteiger charge is 2.09. The maximum atomic E-state index is 5.84. The van der Waals surface area contributed by atoms with Gasteiger partial charge in [-0.2, -0.15) is 0 Å². The van der Waals surface area contributed by atoms with Crippen molar-refractivity contribution in [1.82, 2.24) is 20.3 Å². The minimum atomic E-state index is 0.448. The maximum Gasteiger partial charge on any atom is 0.249 e. The molecule has 6 heteroatoms. The number of benzene rings is 1. The number of aromatic nitrogens is 3. The van der Waals surface area contributed by atoms with Crippen LogP contribution in [-0.4, -0.2) is 49.2 Å². The van der Waals surface area contributed by atoms with E-state index in [9.17, 15) is 0 Å². The molecule has 1 N–H and O–H groups in total. The zero-order valence-corrected chi connectivity index (χ0v) is 15.9. The summed E-state index contributed by atoms with van der Waals surface area (Å²) in [5.41, 5.74) is 3.80. The Morgan fingerprint density at radius 2 is 1.89 bits per heavy atom. The highest BCUT2D eigenvalue weighted by Crippen LogP contribution is 2.17. The number of hydrogen-bond acceptors (Lipinski definition) is 6. The van der Waals surface area contributed by atoms with Crippen LogP contribution in [0.15, 0.2) is 42.6 Å². The molecule has 0 saturated heterocycles. The van der Waals surface area contributed by atoms with E-state index in [2.05, 4.69) is 37.0 Å². The van der Waals surface area contributed by atoms with E-state index in [0.29, 0.717) is 29.3 Å². The SMILES string of the molecule is CNCCCOc1nc2cccnc2nc1C#Cc1ccc(N(C)C)cc1. The molecule has 0 unspecified atom stereocenters. The summed E-state index contributed by atoms with van der Waals surface area (Å²) in [5, 5.41) is 3.10. The second-order valence-electron chi connectivity index (χ2n) is 6.22. The van der Waals surface area contributed by atoms with Gasteiger partial charge in [-0.15, -0.1) is 0 Å². The van der Waals surface area contributed by atoms with Gasteiger partial charge in [0.15, 0.2) is 11.3 Å². The average molecular weight is 361 g/mol. The Kier molecular flexibility index (Phi) is 6.18. The molecule has 1 aromatic carbocycles. The molecule has 0 bridgehead atoms. The quantitative estimate of drug-likeness (QED) is 0.538. The van der Waals surface area contributed by atoms with Crippen molar-refractivity contribution in [3.63, 3.8) is 0 Å². The molecule has 0 aliphatic rings. The van der Waals surface area contributed by atoms with Crippen LogP contribution in [0.5, 0.6) is 5.88 Å². The van der Waals surface area contributed by atoms with E-state index in [-0.39, 0.29) is 0 Å². The Bertz CT molecular complexity index is 958. The summed E-state index contributed by atoms with van der Waals surface area (Å²) < 4.78 is 5.84. The number of anilines is 1. The summed E-state index contributed by atoms with van der Waals surface area (Å²) >= 11 is 0. The van der Waals surface area contributed by atoms with Crippen LogP contribution in [0.1, 0.15) is 17.7 Å². The molecular formula is C21H23N5O. The third-order valence-electron chi connectivity index (χ3n) is 3.93. The minimum absolute atomic E-state index is 0.448. The lowest BCUT2D eigenvalue weighted by Crippen LogP contribution is -2.12. The average Bonchev–Trinajstić information content (AvgIpc) is 2.69. The van der Waals surface area contributed by atoms with Gasteiger partial charge in [0.25, 0.3) is 0 Å². The highest BCUT2D eigenvalue weighted by molar-refractivity contribution is 5.71. The number of pyridine rings is 1. The summed E-state index contributed by atoms with van der Waals surface area (Å²) in [6.07, 6.45) is 2.57. The van der Waals surface area contributed by atoms with E-state index < -0.39 is 0 Å². The molecule has 138 valence electrons. The molecule has 0 fully saturated rings. The van der Waals surface area contributed by atoms with E-state index in [1.165, 1.54) is 0 Å². The van der Waals surface area contributed by atoms with Crippen molar-refractivity contribution >= 4 is 16.9 Å². The molecule has 6 nitrogen and oxygen atoms in total.